The van der Waals surface area contributed by atoms with Gasteiger partial charge in [0, 0.05) is 12.0 Å². The molecule has 0 amide bonds. The molecular weight excluding hydrogens is 204 g/mol. The highest BCUT2D eigenvalue weighted by atomic mass is 16.6. The maximum atomic E-state index is 11.3. The molecule has 3 heteroatoms. The zero-order valence-electron chi connectivity index (χ0n) is 11.1. The smallest absolute Gasteiger partial charge is 0.333 e. The molecule has 0 aliphatic rings. The summed E-state index contributed by atoms with van der Waals surface area (Å²) in [5.74, 6) is -0.339. The maximum Gasteiger partial charge on any atom is 0.333 e. The van der Waals surface area contributed by atoms with Crippen molar-refractivity contribution >= 4 is 5.97 Å². The first-order valence-corrected chi connectivity index (χ1v) is 5.79. The zero-order valence-corrected chi connectivity index (χ0v) is 11.1. The van der Waals surface area contributed by atoms with Gasteiger partial charge in [-0.25, -0.2) is 4.79 Å². The van der Waals surface area contributed by atoms with E-state index < -0.39 is 5.60 Å². The van der Waals surface area contributed by atoms with Crippen molar-refractivity contribution in [2.24, 2.45) is 0 Å². The predicted molar refractivity (Wildman–Crippen MR) is 65.3 cm³/mol. The molecule has 0 rings (SSSR count). The van der Waals surface area contributed by atoms with Crippen LogP contribution in [0.1, 0.15) is 47.5 Å². The van der Waals surface area contributed by atoms with Crippen LogP contribution in [-0.4, -0.2) is 24.3 Å². The second-order valence-electron chi connectivity index (χ2n) is 4.77. The first-order chi connectivity index (χ1) is 7.28. The third-order valence-corrected chi connectivity index (χ3v) is 2.40. The van der Waals surface area contributed by atoms with E-state index in [9.17, 15) is 4.79 Å². The minimum atomic E-state index is -0.497. The minimum Gasteiger partial charge on any atom is -0.456 e. The van der Waals surface area contributed by atoms with Crippen LogP contribution in [0.25, 0.3) is 0 Å². The number of esters is 1. The van der Waals surface area contributed by atoms with Crippen LogP contribution >= 0.6 is 0 Å². The molecule has 0 spiro atoms. The topological polar surface area (TPSA) is 35.5 Å². The molecule has 3 nitrogen and oxygen atoms in total. The first-order valence-electron chi connectivity index (χ1n) is 5.79. The average molecular weight is 228 g/mol. The fraction of sp³-hybridized carbons (Fsp3) is 0.769. The number of hydrogen-bond donors (Lipinski definition) is 0. The summed E-state index contributed by atoms with van der Waals surface area (Å²) in [6, 6.07) is 0. The summed E-state index contributed by atoms with van der Waals surface area (Å²) in [6.45, 7) is 13.7. The zero-order chi connectivity index (χ0) is 12.8. The van der Waals surface area contributed by atoms with Gasteiger partial charge in [-0.05, 0) is 34.1 Å². The third-order valence-electron chi connectivity index (χ3n) is 2.40. The Balaban J connectivity index is 3.96. The van der Waals surface area contributed by atoms with Gasteiger partial charge in [0.05, 0.1) is 12.7 Å². The summed E-state index contributed by atoms with van der Waals surface area (Å²) in [5, 5.41) is 0. The van der Waals surface area contributed by atoms with Crippen LogP contribution in [0.15, 0.2) is 12.2 Å². The van der Waals surface area contributed by atoms with Crippen molar-refractivity contribution in [2.75, 3.05) is 6.61 Å². The Morgan fingerprint density at radius 3 is 2.44 bits per heavy atom. The van der Waals surface area contributed by atoms with Crippen molar-refractivity contribution in [1.82, 2.24) is 0 Å². The third kappa shape index (κ3) is 6.62. The highest BCUT2D eigenvalue weighted by Gasteiger charge is 2.23. The lowest BCUT2D eigenvalue weighted by atomic mass is 10.1. The van der Waals surface area contributed by atoms with E-state index in [0.29, 0.717) is 18.6 Å². The average Bonchev–Trinajstić information content (AvgIpc) is 2.16. The standard InChI is InChI=1S/C13H24O3/c1-7-11(4)15-9-8-13(5,6)16-12(14)10(2)3/h11H,2,7-9H2,1,3-6H3. The normalized spacial score (nSPS) is 13.3. The monoisotopic (exact) mass is 228 g/mol. The molecule has 0 fully saturated rings. The van der Waals surface area contributed by atoms with Crippen molar-refractivity contribution in [3.05, 3.63) is 12.2 Å². The van der Waals surface area contributed by atoms with Crippen molar-refractivity contribution in [3.63, 3.8) is 0 Å². The molecule has 0 aromatic heterocycles. The lowest BCUT2D eigenvalue weighted by Gasteiger charge is -2.25. The molecule has 0 aromatic carbocycles. The van der Waals surface area contributed by atoms with Gasteiger partial charge in [0.1, 0.15) is 5.60 Å². The minimum absolute atomic E-state index is 0.257. The highest BCUT2D eigenvalue weighted by molar-refractivity contribution is 5.87. The Bertz CT molecular complexity index is 244. The SMILES string of the molecule is C=C(C)C(=O)OC(C)(C)CCOC(C)CC. The lowest BCUT2D eigenvalue weighted by Crippen LogP contribution is -2.30. The summed E-state index contributed by atoms with van der Waals surface area (Å²) in [6.07, 6.45) is 1.94. The van der Waals surface area contributed by atoms with Gasteiger partial charge in [-0.1, -0.05) is 13.5 Å². The molecular formula is C13H24O3. The Morgan fingerprint density at radius 2 is 2.00 bits per heavy atom. The van der Waals surface area contributed by atoms with E-state index in [1.807, 2.05) is 20.8 Å². The van der Waals surface area contributed by atoms with E-state index in [1.165, 1.54) is 0 Å². The Morgan fingerprint density at radius 1 is 1.44 bits per heavy atom. The fourth-order valence-electron chi connectivity index (χ4n) is 1.01. The van der Waals surface area contributed by atoms with E-state index in [0.717, 1.165) is 6.42 Å². The van der Waals surface area contributed by atoms with E-state index >= 15 is 0 Å². The van der Waals surface area contributed by atoms with Crippen LogP contribution in [0.2, 0.25) is 0 Å². The second-order valence-corrected chi connectivity index (χ2v) is 4.77. The molecule has 0 saturated heterocycles. The number of carbonyl (C=O) groups excluding carboxylic acids is 1. The van der Waals surface area contributed by atoms with Gasteiger partial charge in [-0.3, -0.25) is 0 Å². The molecule has 0 saturated carbocycles. The molecule has 0 aliphatic heterocycles. The summed E-state index contributed by atoms with van der Waals surface area (Å²) in [7, 11) is 0. The molecule has 0 heterocycles. The largest absolute Gasteiger partial charge is 0.456 e. The summed E-state index contributed by atoms with van der Waals surface area (Å²) in [4.78, 5) is 11.3. The molecule has 94 valence electrons. The summed E-state index contributed by atoms with van der Waals surface area (Å²) >= 11 is 0. The van der Waals surface area contributed by atoms with Crippen LogP contribution in [-0.2, 0) is 14.3 Å². The number of ether oxygens (including phenoxy) is 2. The predicted octanol–water partition coefficient (Wildman–Crippen LogP) is 3.09. The number of rotatable bonds is 7. The van der Waals surface area contributed by atoms with Crippen molar-refractivity contribution in [1.29, 1.82) is 0 Å². The van der Waals surface area contributed by atoms with Gasteiger partial charge in [0.25, 0.3) is 0 Å². The van der Waals surface area contributed by atoms with Gasteiger partial charge in [0.15, 0.2) is 0 Å². The van der Waals surface area contributed by atoms with Crippen LogP contribution in [0.5, 0.6) is 0 Å². The fourth-order valence-corrected chi connectivity index (χ4v) is 1.01. The molecule has 1 unspecified atom stereocenters. The van der Waals surface area contributed by atoms with Crippen LogP contribution in [0, 0.1) is 0 Å². The Kier molecular flexibility index (Phi) is 6.34. The molecule has 0 aliphatic carbocycles. The van der Waals surface area contributed by atoms with E-state index in [2.05, 4.69) is 13.5 Å². The van der Waals surface area contributed by atoms with Crippen LogP contribution < -0.4 is 0 Å². The second kappa shape index (κ2) is 6.69. The molecule has 1 atom stereocenters. The van der Waals surface area contributed by atoms with Gasteiger partial charge in [-0.15, -0.1) is 0 Å². The quantitative estimate of drug-likeness (QED) is 0.496. The van der Waals surface area contributed by atoms with Crippen LogP contribution in [0.4, 0.5) is 0 Å². The highest BCUT2D eigenvalue weighted by Crippen LogP contribution is 2.17. The Labute approximate surface area is 98.8 Å². The van der Waals surface area contributed by atoms with Gasteiger partial charge >= 0.3 is 5.97 Å². The molecule has 0 radical (unpaired) electrons. The van der Waals surface area contributed by atoms with E-state index in [4.69, 9.17) is 9.47 Å². The molecule has 0 bridgehead atoms. The first kappa shape index (κ1) is 15.2. The van der Waals surface area contributed by atoms with Gasteiger partial charge < -0.3 is 9.47 Å². The summed E-state index contributed by atoms with van der Waals surface area (Å²) < 4.78 is 10.9. The summed E-state index contributed by atoms with van der Waals surface area (Å²) in [5.41, 5.74) is -0.0698. The van der Waals surface area contributed by atoms with Crippen molar-refractivity contribution < 1.29 is 14.3 Å². The van der Waals surface area contributed by atoms with Crippen molar-refractivity contribution in [3.8, 4) is 0 Å². The molecule has 0 N–H and O–H groups in total. The maximum absolute atomic E-state index is 11.3. The number of carbonyl (C=O) groups is 1. The molecule has 0 aromatic rings. The lowest BCUT2D eigenvalue weighted by molar-refractivity contribution is -0.153. The Hall–Kier alpha value is -0.830. The van der Waals surface area contributed by atoms with E-state index in [-0.39, 0.29) is 12.1 Å². The van der Waals surface area contributed by atoms with E-state index in [1.54, 1.807) is 6.92 Å². The van der Waals surface area contributed by atoms with Crippen molar-refractivity contribution in [2.45, 2.75) is 59.2 Å². The molecule has 16 heavy (non-hydrogen) atoms. The number of hydrogen-bond acceptors (Lipinski definition) is 3. The van der Waals surface area contributed by atoms with Crippen LogP contribution in [0.3, 0.4) is 0 Å². The van der Waals surface area contributed by atoms with Gasteiger partial charge in [-0.2, -0.15) is 0 Å². The van der Waals surface area contributed by atoms with Gasteiger partial charge in [0.2, 0.25) is 0 Å².